The highest BCUT2D eigenvalue weighted by atomic mass is 16.5. The van der Waals surface area contributed by atoms with E-state index in [1.165, 1.54) is 17.3 Å². The molecule has 0 aromatic heterocycles. The summed E-state index contributed by atoms with van der Waals surface area (Å²) < 4.78 is 11.8. The fourth-order valence-corrected chi connectivity index (χ4v) is 3.05. The molecule has 0 spiro atoms. The first-order valence-electron chi connectivity index (χ1n) is 8.63. The van der Waals surface area contributed by atoms with Gasteiger partial charge in [0.05, 0.1) is 6.21 Å². The Morgan fingerprint density at radius 2 is 1.65 bits per heavy atom. The molecule has 0 fully saturated rings. The van der Waals surface area contributed by atoms with Gasteiger partial charge in [-0.2, -0.15) is 0 Å². The molecule has 0 aliphatic carbocycles. The molecule has 0 bridgehead atoms. The molecule has 0 saturated heterocycles. The maximum Gasteiger partial charge on any atom is 0.129 e. The van der Waals surface area contributed by atoms with Gasteiger partial charge in [-0.3, -0.25) is 0 Å². The third kappa shape index (κ3) is 3.80. The van der Waals surface area contributed by atoms with Crippen LogP contribution < -0.4 is 9.47 Å². The molecule has 0 aliphatic rings. The molecule has 4 heteroatoms. The largest absolute Gasteiger partial charge is 0.490 e. The third-order valence-corrected chi connectivity index (χ3v) is 4.48. The van der Waals surface area contributed by atoms with E-state index in [1.54, 1.807) is 0 Å². The number of fused-ring (bicyclic) bond motifs is 1. The first-order chi connectivity index (χ1) is 12.6. The lowest BCUT2D eigenvalue weighted by Crippen LogP contribution is -2.11. The summed E-state index contributed by atoms with van der Waals surface area (Å²) in [5.74, 6) is 1.56. The van der Waals surface area contributed by atoms with Crippen LogP contribution in [0.5, 0.6) is 11.5 Å². The standard InChI is InChI=1S/C22H23NO3/c1-15-12-16(2)17(3)22(13-15)26-11-10-25-21-9-8-18-6-4-5-7-19(18)20(21)14-23-24/h4-9,12-14,24H,10-11H2,1-3H3. The molecule has 3 aromatic carbocycles. The third-order valence-electron chi connectivity index (χ3n) is 4.48. The second-order valence-corrected chi connectivity index (χ2v) is 6.34. The Morgan fingerprint density at radius 3 is 2.42 bits per heavy atom. The van der Waals surface area contributed by atoms with E-state index >= 15 is 0 Å². The Labute approximate surface area is 153 Å². The SMILES string of the molecule is Cc1cc(C)c(C)c(OCCOc2ccc3ccccc3c2C=NO)c1. The summed E-state index contributed by atoms with van der Waals surface area (Å²) in [7, 11) is 0. The number of hydrogen-bond donors (Lipinski definition) is 1. The Balaban J connectivity index is 1.71. The van der Waals surface area contributed by atoms with Crippen molar-refractivity contribution in [2.45, 2.75) is 20.8 Å². The van der Waals surface area contributed by atoms with Crippen molar-refractivity contribution in [3.05, 3.63) is 70.8 Å². The van der Waals surface area contributed by atoms with E-state index in [0.29, 0.717) is 19.0 Å². The number of aryl methyl sites for hydroxylation is 2. The maximum absolute atomic E-state index is 9.00. The Hall–Kier alpha value is -3.01. The number of benzene rings is 3. The summed E-state index contributed by atoms with van der Waals surface area (Å²) in [6.45, 7) is 7.04. The molecule has 0 heterocycles. The fourth-order valence-electron chi connectivity index (χ4n) is 3.05. The van der Waals surface area contributed by atoms with Crippen molar-refractivity contribution in [3.8, 4) is 11.5 Å². The average molecular weight is 349 g/mol. The second kappa shape index (κ2) is 7.91. The summed E-state index contributed by atoms with van der Waals surface area (Å²) in [4.78, 5) is 0. The van der Waals surface area contributed by atoms with Gasteiger partial charge in [-0.1, -0.05) is 41.6 Å². The number of ether oxygens (including phenoxy) is 2. The van der Waals surface area contributed by atoms with Crippen LogP contribution >= 0.6 is 0 Å². The predicted molar refractivity (Wildman–Crippen MR) is 105 cm³/mol. The maximum atomic E-state index is 9.00. The van der Waals surface area contributed by atoms with Crippen LogP contribution in [0.15, 0.2) is 53.7 Å². The fraction of sp³-hybridized carbons (Fsp3) is 0.227. The van der Waals surface area contributed by atoms with Gasteiger partial charge >= 0.3 is 0 Å². The molecule has 0 unspecified atom stereocenters. The van der Waals surface area contributed by atoms with Crippen LogP contribution in [0.25, 0.3) is 10.8 Å². The molecule has 1 N–H and O–H groups in total. The molecule has 3 rings (SSSR count). The predicted octanol–water partition coefficient (Wildman–Crippen LogP) is 5.03. The second-order valence-electron chi connectivity index (χ2n) is 6.34. The molecule has 0 saturated carbocycles. The molecular formula is C22H23NO3. The van der Waals surface area contributed by atoms with Crippen LogP contribution in [0, 0.1) is 20.8 Å². The van der Waals surface area contributed by atoms with E-state index in [0.717, 1.165) is 27.6 Å². The molecular weight excluding hydrogens is 326 g/mol. The minimum atomic E-state index is 0.400. The van der Waals surface area contributed by atoms with E-state index in [1.807, 2.05) is 42.5 Å². The number of hydrogen-bond acceptors (Lipinski definition) is 4. The van der Waals surface area contributed by atoms with Crippen LogP contribution in [0.3, 0.4) is 0 Å². The molecule has 0 atom stereocenters. The van der Waals surface area contributed by atoms with E-state index in [9.17, 15) is 0 Å². The van der Waals surface area contributed by atoms with Gasteiger partial charge in [-0.15, -0.1) is 0 Å². The highest BCUT2D eigenvalue weighted by molar-refractivity contribution is 6.02. The quantitative estimate of drug-likeness (QED) is 0.294. The van der Waals surface area contributed by atoms with Gasteiger partial charge in [-0.25, -0.2) is 0 Å². The van der Waals surface area contributed by atoms with Crippen molar-refractivity contribution < 1.29 is 14.7 Å². The van der Waals surface area contributed by atoms with Crippen LogP contribution in [-0.2, 0) is 0 Å². The zero-order valence-electron chi connectivity index (χ0n) is 15.3. The van der Waals surface area contributed by atoms with E-state index < -0.39 is 0 Å². The van der Waals surface area contributed by atoms with Gasteiger partial charge in [0.2, 0.25) is 0 Å². The van der Waals surface area contributed by atoms with Crippen molar-refractivity contribution in [2.75, 3.05) is 13.2 Å². The van der Waals surface area contributed by atoms with Crippen LogP contribution in [0.2, 0.25) is 0 Å². The molecule has 134 valence electrons. The molecule has 0 aliphatic heterocycles. The monoisotopic (exact) mass is 349 g/mol. The lowest BCUT2D eigenvalue weighted by Gasteiger charge is -2.14. The zero-order valence-corrected chi connectivity index (χ0v) is 15.3. The number of oxime groups is 1. The van der Waals surface area contributed by atoms with E-state index in [-0.39, 0.29) is 0 Å². The summed E-state index contributed by atoms with van der Waals surface area (Å²) in [6, 6.07) is 16.0. The van der Waals surface area contributed by atoms with Gasteiger partial charge in [0.15, 0.2) is 0 Å². The van der Waals surface area contributed by atoms with Crippen LogP contribution in [0.4, 0.5) is 0 Å². The van der Waals surface area contributed by atoms with Crippen molar-refractivity contribution in [2.24, 2.45) is 5.16 Å². The lowest BCUT2D eigenvalue weighted by atomic mass is 10.0. The van der Waals surface area contributed by atoms with E-state index in [4.69, 9.17) is 14.7 Å². The first-order valence-corrected chi connectivity index (χ1v) is 8.63. The zero-order chi connectivity index (χ0) is 18.5. The number of rotatable bonds is 6. The highest BCUT2D eigenvalue weighted by Gasteiger charge is 2.08. The smallest absolute Gasteiger partial charge is 0.129 e. The van der Waals surface area contributed by atoms with Crippen LogP contribution in [-0.4, -0.2) is 24.6 Å². The van der Waals surface area contributed by atoms with Gasteiger partial charge in [-0.05, 0) is 60.4 Å². The normalized spacial score (nSPS) is 11.2. The van der Waals surface area contributed by atoms with E-state index in [2.05, 4.69) is 32.0 Å². The summed E-state index contributed by atoms with van der Waals surface area (Å²) in [5, 5.41) is 14.2. The Kier molecular flexibility index (Phi) is 5.42. The Bertz CT molecular complexity index is 948. The van der Waals surface area contributed by atoms with Crippen molar-refractivity contribution in [3.63, 3.8) is 0 Å². The summed E-state index contributed by atoms with van der Waals surface area (Å²) >= 11 is 0. The molecule has 0 amide bonds. The van der Waals surface area contributed by atoms with Crippen molar-refractivity contribution >= 4 is 17.0 Å². The molecule has 26 heavy (non-hydrogen) atoms. The molecule has 4 nitrogen and oxygen atoms in total. The van der Waals surface area contributed by atoms with Gasteiger partial charge in [0, 0.05) is 5.56 Å². The number of nitrogens with zero attached hydrogens (tertiary/aromatic N) is 1. The Morgan fingerprint density at radius 1 is 0.923 bits per heavy atom. The summed E-state index contributed by atoms with van der Waals surface area (Å²) in [6.07, 6.45) is 1.41. The average Bonchev–Trinajstić information content (AvgIpc) is 2.64. The summed E-state index contributed by atoms with van der Waals surface area (Å²) in [5.41, 5.74) is 4.31. The van der Waals surface area contributed by atoms with Crippen molar-refractivity contribution in [1.29, 1.82) is 0 Å². The van der Waals surface area contributed by atoms with Gasteiger partial charge in [0.25, 0.3) is 0 Å². The molecule has 3 aromatic rings. The molecule has 0 radical (unpaired) electrons. The highest BCUT2D eigenvalue weighted by Crippen LogP contribution is 2.27. The lowest BCUT2D eigenvalue weighted by molar-refractivity contribution is 0.216. The minimum absolute atomic E-state index is 0.400. The van der Waals surface area contributed by atoms with Crippen molar-refractivity contribution in [1.82, 2.24) is 0 Å². The first kappa shape index (κ1) is 17.8. The minimum Gasteiger partial charge on any atom is -0.490 e. The van der Waals surface area contributed by atoms with Crippen LogP contribution in [0.1, 0.15) is 22.3 Å². The van der Waals surface area contributed by atoms with Gasteiger partial charge in [0.1, 0.15) is 24.7 Å². The topological polar surface area (TPSA) is 51.0 Å². The van der Waals surface area contributed by atoms with Gasteiger partial charge < -0.3 is 14.7 Å².